The van der Waals surface area contributed by atoms with E-state index in [0.29, 0.717) is 19.0 Å². The summed E-state index contributed by atoms with van der Waals surface area (Å²) in [6, 6.07) is 15.4. The molecular weight excluding hydrogens is 402 g/mol. The second kappa shape index (κ2) is 10.2. The molecule has 1 fully saturated rings. The summed E-state index contributed by atoms with van der Waals surface area (Å²) in [5.41, 5.74) is 3.18. The average Bonchev–Trinajstić information content (AvgIpc) is 2.83. The Balaban J connectivity index is 1.47. The number of fused-ring (bicyclic) bond motifs is 1. The van der Waals surface area contributed by atoms with Crippen LogP contribution >= 0.6 is 0 Å². The molecule has 0 aromatic heterocycles. The highest BCUT2D eigenvalue weighted by Gasteiger charge is 2.37. The first-order chi connectivity index (χ1) is 15.6. The van der Waals surface area contributed by atoms with Crippen LogP contribution in [-0.4, -0.2) is 54.9 Å². The summed E-state index contributed by atoms with van der Waals surface area (Å²) in [6.07, 6.45) is 2.93. The van der Waals surface area contributed by atoms with Crippen LogP contribution in [0, 0.1) is 5.92 Å². The van der Waals surface area contributed by atoms with E-state index in [1.165, 1.54) is 5.56 Å². The van der Waals surface area contributed by atoms with Crippen LogP contribution in [0.1, 0.15) is 42.5 Å². The van der Waals surface area contributed by atoms with Gasteiger partial charge >= 0.3 is 0 Å². The van der Waals surface area contributed by atoms with Crippen LogP contribution in [0.5, 0.6) is 5.75 Å². The zero-order valence-corrected chi connectivity index (χ0v) is 19.0. The van der Waals surface area contributed by atoms with E-state index in [1.54, 1.807) is 7.11 Å². The molecule has 2 aromatic rings. The summed E-state index contributed by atoms with van der Waals surface area (Å²) < 4.78 is 5.38. The van der Waals surface area contributed by atoms with Crippen molar-refractivity contribution < 1.29 is 14.3 Å². The lowest BCUT2D eigenvalue weighted by atomic mass is 9.90. The van der Waals surface area contributed by atoms with Gasteiger partial charge < -0.3 is 15.0 Å². The number of amides is 2. The number of ether oxygens (including phenoxy) is 1. The predicted octanol–water partition coefficient (Wildman–Crippen LogP) is 3.17. The van der Waals surface area contributed by atoms with Crippen LogP contribution in [-0.2, 0) is 22.6 Å². The van der Waals surface area contributed by atoms with Gasteiger partial charge in [0.25, 0.3) is 0 Å². The topological polar surface area (TPSA) is 61.9 Å². The molecule has 0 aliphatic carbocycles. The van der Waals surface area contributed by atoms with Crippen molar-refractivity contribution in [2.45, 2.75) is 38.8 Å². The van der Waals surface area contributed by atoms with Crippen molar-refractivity contribution in [1.82, 2.24) is 15.1 Å². The number of benzene rings is 2. The third kappa shape index (κ3) is 4.96. The van der Waals surface area contributed by atoms with E-state index in [0.717, 1.165) is 49.2 Å². The Morgan fingerprint density at radius 2 is 1.75 bits per heavy atom. The fourth-order valence-corrected chi connectivity index (χ4v) is 4.76. The van der Waals surface area contributed by atoms with Gasteiger partial charge in [-0.3, -0.25) is 14.5 Å². The highest BCUT2D eigenvalue weighted by Crippen LogP contribution is 2.32. The van der Waals surface area contributed by atoms with Crippen molar-refractivity contribution in [1.29, 1.82) is 0 Å². The molecule has 0 unspecified atom stereocenters. The van der Waals surface area contributed by atoms with Crippen molar-refractivity contribution >= 4 is 11.8 Å². The van der Waals surface area contributed by atoms with Gasteiger partial charge in [-0.25, -0.2) is 0 Å². The molecule has 2 aliphatic rings. The number of carbonyl (C=O) groups is 2. The van der Waals surface area contributed by atoms with E-state index in [9.17, 15) is 9.59 Å². The van der Waals surface area contributed by atoms with E-state index in [-0.39, 0.29) is 18.4 Å². The number of hydrogen-bond donors (Lipinski definition) is 1. The molecule has 0 bridgehead atoms. The predicted molar refractivity (Wildman–Crippen MR) is 124 cm³/mol. The molecule has 1 N–H and O–H groups in total. The van der Waals surface area contributed by atoms with Crippen molar-refractivity contribution in [2.24, 2.45) is 5.92 Å². The highest BCUT2D eigenvalue weighted by molar-refractivity contribution is 5.85. The van der Waals surface area contributed by atoms with Gasteiger partial charge in [-0.05, 0) is 42.4 Å². The van der Waals surface area contributed by atoms with Gasteiger partial charge in [-0.15, -0.1) is 0 Å². The van der Waals surface area contributed by atoms with Gasteiger partial charge in [-0.2, -0.15) is 0 Å². The SMILES string of the molecule is COc1ccccc1CNC(=O)CN1CCc2ccccc2[C@@H]1C(=O)N1CCC(C)CC1. The molecule has 2 heterocycles. The van der Waals surface area contributed by atoms with Crippen molar-refractivity contribution in [2.75, 3.05) is 33.3 Å². The summed E-state index contributed by atoms with van der Waals surface area (Å²) in [6.45, 7) is 5.13. The minimum atomic E-state index is -0.398. The average molecular weight is 436 g/mol. The molecule has 1 saturated heterocycles. The minimum Gasteiger partial charge on any atom is -0.496 e. The molecule has 6 heteroatoms. The lowest BCUT2D eigenvalue weighted by Crippen LogP contribution is -2.50. The molecule has 170 valence electrons. The molecule has 0 saturated carbocycles. The maximum atomic E-state index is 13.6. The Bertz CT molecular complexity index is 953. The van der Waals surface area contributed by atoms with Gasteiger partial charge in [0.15, 0.2) is 0 Å². The van der Waals surface area contributed by atoms with Crippen LogP contribution in [0.4, 0.5) is 0 Å². The largest absolute Gasteiger partial charge is 0.496 e. The number of rotatable bonds is 6. The molecule has 2 aliphatic heterocycles. The van der Waals surface area contributed by atoms with Crippen LogP contribution in [0.15, 0.2) is 48.5 Å². The third-order valence-electron chi connectivity index (χ3n) is 6.73. The Hall–Kier alpha value is -2.86. The third-order valence-corrected chi connectivity index (χ3v) is 6.73. The van der Waals surface area contributed by atoms with Gasteiger partial charge in [0.2, 0.25) is 11.8 Å². The van der Waals surface area contributed by atoms with E-state index in [2.05, 4.69) is 18.3 Å². The summed E-state index contributed by atoms with van der Waals surface area (Å²) in [5, 5.41) is 3.00. The fraction of sp³-hybridized carbons (Fsp3) is 0.462. The molecule has 32 heavy (non-hydrogen) atoms. The van der Waals surface area contributed by atoms with Crippen molar-refractivity contribution in [3.63, 3.8) is 0 Å². The molecular formula is C26H33N3O3. The second-order valence-electron chi connectivity index (χ2n) is 8.92. The normalized spacial score (nSPS) is 19.3. The number of hydrogen-bond acceptors (Lipinski definition) is 4. The standard InChI is InChI=1S/C26H33N3O3/c1-19-11-14-28(15-12-19)26(31)25-22-9-5-3-7-20(22)13-16-29(25)18-24(30)27-17-21-8-4-6-10-23(21)32-2/h3-10,19,25H,11-18H2,1-2H3,(H,27,30)/t25-/m1/s1. The van der Waals surface area contributed by atoms with Gasteiger partial charge in [0.05, 0.1) is 13.7 Å². The van der Waals surface area contributed by atoms with Crippen molar-refractivity contribution in [3.05, 3.63) is 65.2 Å². The number of methoxy groups -OCH3 is 1. The molecule has 1 atom stereocenters. The Kier molecular flexibility index (Phi) is 7.10. The smallest absolute Gasteiger partial charge is 0.244 e. The van der Waals surface area contributed by atoms with Gasteiger partial charge in [-0.1, -0.05) is 49.4 Å². The van der Waals surface area contributed by atoms with Crippen LogP contribution < -0.4 is 10.1 Å². The first kappa shape index (κ1) is 22.3. The van der Waals surface area contributed by atoms with Crippen LogP contribution in [0.3, 0.4) is 0 Å². The maximum absolute atomic E-state index is 13.6. The Labute approximate surface area is 190 Å². The lowest BCUT2D eigenvalue weighted by Gasteiger charge is -2.40. The van der Waals surface area contributed by atoms with Crippen LogP contribution in [0.2, 0.25) is 0 Å². The zero-order valence-electron chi connectivity index (χ0n) is 19.0. The zero-order chi connectivity index (χ0) is 22.5. The lowest BCUT2D eigenvalue weighted by molar-refractivity contribution is -0.140. The van der Waals surface area contributed by atoms with Crippen LogP contribution in [0.25, 0.3) is 0 Å². The summed E-state index contributed by atoms with van der Waals surface area (Å²) in [5.74, 6) is 1.46. The number of piperidine rings is 1. The number of likely N-dealkylation sites (tertiary alicyclic amines) is 1. The molecule has 2 amide bonds. The van der Waals surface area contributed by atoms with E-state index >= 15 is 0 Å². The van der Waals surface area contributed by atoms with Crippen molar-refractivity contribution in [3.8, 4) is 5.75 Å². The quantitative estimate of drug-likeness (QED) is 0.757. The Morgan fingerprint density at radius 1 is 1.03 bits per heavy atom. The molecule has 0 radical (unpaired) electrons. The summed E-state index contributed by atoms with van der Waals surface area (Å²) in [7, 11) is 1.63. The molecule has 0 spiro atoms. The number of nitrogens with one attached hydrogen (secondary N) is 1. The van der Waals surface area contributed by atoms with Gasteiger partial charge in [0.1, 0.15) is 11.8 Å². The number of nitrogens with zero attached hydrogens (tertiary/aromatic N) is 2. The summed E-state index contributed by atoms with van der Waals surface area (Å²) >= 11 is 0. The van der Waals surface area contributed by atoms with Gasteiger partial charge in [0, 0.05) is 31.7 Å². The summed E-state index contributed by atoms with van der Waals surface area (Å²) in [4.78, 5) is 30.5. The molecule has 2 aromatic carbocycles. The highest BCUT2D eigenvalue weighted by atomic mass is 16.5. The first-order valence-electron chi connectivity index (χ1n) is 11.6. The fourth-order valence-electron chi connectivity index (χ4n) is 4.76. The van der Waals surface area contributed by atoms with E-state index in [4.69, 9.17) is 4.74 Å². The van der Waals surface area contributed by atoms with E-state index in [1.807, 2.05) is 52.3 Å². The Morgan fingerprint density at radius 3 is 2.53 bits per heavy atom. The monoisotopic (exact) mass is 435 g/mol. The molecule has 6 nitrogen and oxygen atoms in total. The number of carbonyl (C=O) groups excluding carboxylic acids is 2. The van der Waals surface area contributed by atoms with E-state index < -0.39 is 6.04 Å². The maximum Gasteiger partial charge on any atom is 0.244 e. The minimum absolute atomic E-state index is 0.0830. The molecule has 4 rings (SSSR count). The second-order valence-corrected chi connectivity index (χ2v) is 8.92. The first-order valence-corrected chi connectivity index (χ1v) is 11.6. The number of para-hydroxylation sites is 1.